The summed E-state index contributed by atoms with van der Waals surface area (Å²) in [6, 6.07) is 27.1. The molecule has 7 rings (SSSR count). The predicted octanol–water partition coefficient (Wildman–Crippen LogP) is 6.95. The second kappa shape index (κ2) is 16.2. The van der Waals surface area contributed by atoms with Gasteiger partial charge >= 0.3 is 0 Å². The molecule has 2 N–H and O–H groups in total. The minimum absolute atomic E-state index is 0.0181. The van der Waals surface area contributed by atoms with Crippen molar-refractivity contribution < 1.29 is 37.3 Å². The van der Waals surface area contributed by atoms with Crippen LogP contribution in [-0.2, 0) is 24.3 Å². The molecule has 6 aromatic rings. The van der Waals surface area contributed by atoms with Gasteiger partial charge in [-0.3, -0.25) is 14.2 Å². The van der Waals surface area contributed by atoms with Gasteiger partial charge in [-0.05, 0) is 90.9 Å². The molecular formula is C41H40N4O8S2. The number of amides is 1. The molecule has 1 amide bonds. The fourth-order valence-corrected chi connectivity index (χ4v) is 9.07. The Morgan fingerprint density at radius 1 is 1.04 bits per heavy atom. The van der Waals surface area contributed by atoms with Crippen molar-refractivity contribution in [3.8, 4) is 16.3 Å². The highest BCUT2D eigenvalue weighted by atomic mass is 32.2. The smallest absolute Gasteiger partial charge is 0.290 e. The van der Waals surface area contributed by atoms with Gasteiger partial charge in [-0.2, -0.15) is 4.31 Å². The van der Waals surface area contributed by atoms with Gasteiger partial charge in [0.05, 0.1) is 41.0 Å². The third-order valence-electron chi connectivity index (χ3n) is 9.39. The number of anilines is 1. The van der Waals surface area contributed by atoms with E-state index in [2.05, 4.69) is 11.4 Å². The quantitative estimate of drug-likeness (QED) is 0.127. The Balaban J connectivity index is 1.11. The van der Waals surface area contributed by atoms with Gasteiger partial charge in [0.1, 0.15) is 10.8 Å². The van der Waals surface area contributed by atoms with E-state index in [0.29, 0.717) is 11.4 Å². The maximum atomic E-state index is 13.8. The van der Waals surface area contributed by atoms with Crippen LogP contribution in [-0.4, -0.2) is 78.9 Å². The predicted molar refractivity (Wildman–Crippen MR) is 212 cm³/mol. The van der Waals surface area contributed by atoms with Crippen LogP contribution in [0.5, 0.6) is 5.75 Å². The molecule has 0 radical (unpaired) electrons. The van der Waals surface area contributed by atoms with Gasteiger partial charge < -0.3 is 24.6 Å². The molecule has 284 valence electrons. The lowest BCUT2D eigenvalue weighted by Gasteiger charge is -2.30. The van der Waals surface area contributed by atoms with E-state index in [1.54, 1.807) is 52.4 Å². The Morgan fingerprint density at radius 2 is 1.80 bits per heavy atom. The normalized spacial score (nSPS) is 15.9. The van der Waals surface area contributed by atoms with Crippen molar-refractivity contribution in [2.24, 2.45) is 0 Å². The Kier molecular flexibility index (Phi) is 11.1. The molecule has 0 saturated carbocycles. The number of benzene rings is 4. The zero-order chi connectivity index (χ0) is 38.7. The average Bonchev–Trinajstić information content (AvgIpc) is 3.80. The first-order valence-electron chi connectivity index (χ1n) is 17.7. The number of hydrogen-bond donors (Lipinski definition) is 2. The number of carbonyl (C=O) groups excluding carboxylic acids is 2. The fraction of sp³-hybridized carbons (Fsp3) is 0.244. The summed E-state index contributed by atoms with van der Waals surface area (Å²) in [5.41, 5.74) is 5.12. The standard InChI is InChI=1S/C41H40N4O8S2/c1-26-8-17-35-38(22-26)54-41(43-35)28-9-11-30(12-10-28)42-40(48)37-23-29(34-25-45(27(2)47)36-7-5-4-6-33(34)36)24-39(53-37)52-21-19-44(18-20-46)55(49,50)32-15-13-31(51-3)14-16-32/h4-17,22-23,25,29,39,46H,18-21,24H2,1-3H3,(H,42,48)/t29-,39+/m1/s1. The zero-order valence-electron chi connectivity index (χ0n) is 30.5. The van der Waals surface area contributed by atoms with Crippen molar-refractivity contribution >= 4 is 60.0 Å². The number of fused-ring (bicyclic) bond motifs is 2. The van der Waals surface area contributed by atoms with E-state index in [9.17, 15) is 23.1 Å². The van der Waals surface area contributed by atoms with Crippen LogP contribution in [0.1, 0.15) is 35.2 Å². The number of nitrogens with zero attached hydrogens (tertiary/aromatic N) is 3. The summed E-state index contributed by atoms with van der Waals surface area (Å²) in [5, 5.41) is 14.4. The van der Waals surface area contributed by atoms with Crippen LogP contribution in [0.2, 0.25) is 0 Å². The average molecular weight is 781 g/mol. The summed E-state index contributed by atoms with van der Waals surface area (Å²) in [5.74, 6) is -0.524. The van der Waals surface area contributed by atoms with E-state index in [0.717, 1.165) is 41.6 Å². The first-order chi connectivity index (χ1) is 26.5. The summed E-state index contributed by atoms with van der Waals surface area (Å²) in [6.07, 6.45) is 2.84. The number of carbonyl (C=O) groups is 2. The number of aliphatic hydroxyl groups excluding tert-OH is 1. The van der Waals surface area contributed by atoms with Crippen LogP contribution in [0.25, 0.3) is 31.7 Å². The summed E-state index contributed by atoms with van der Waals surface area (Å²) in [7, 11) is -2.49. The van der Waals surface area contributed by atoms with Crippen LogP contribution in [0, 0.1) is 6.92 Å². The van der Waals surface area contributed by atoms with Crippen molar-refractivity contribution in [1.29, 1.82) is 0 Å². The largest absolute Gasteiger partial charge is 0.497 e. The van der Waals surface area contributed by atoms with Crippen LogP contribution in [0.3, 0.4) is 0 Å². The zero-order valence-corrected chi connectivity index (χ0v) is 32.1. The second-order valence-corrected chi connectivity index (χ2v) is 16.1. The summed E-state index contributed by atoms with van der Waals surface area (Å²) in [6.45, 7) is 2.81. The maximum absolute atomic E-state index is 13.8. The van der Waals surface area contributed by atoms with E-state index < -0.39 is 34.7 Å². The van der Waals surface area contributed by atoms with Gasteiger partial charge in [0, 0.05) is 55.2 Å². The molecule has 4 aromatic carbocycles. The number of aryl methyl sites for hydroxylation is 1. The number of aromatic nitrogens is 2. The highest BCUT2D eigenvalue weighted by molar-refractivity contribution is 7.89. The molecule has 3 heterocycles. The van der Waals surface area contributed by atoms with Crippen LogP contribution in [0.15, 0.2) is 114 Å². The van der Waals surface area contributed by atoms with Crippen molar-refractivity contribution in [1.82, 2.24) is 13.9 Å². The first kappa shape index (κ1) is 37.9. The van der Waals surface area contributed by atoms with Gasteiger partial charge in [-0.15, -0.1) is 11.3 Å². The fourth-order valence-electron chi connectivity index (χ4n) is 6.59. The summed E-state index contributed by atoms with van der Waals surface area (Å²) < 4.78 is 48.2. The number of hydrogen-bond acceptors (Lipinski definition) is 10. The molecule has 55 heavy (non-hydrogen) atoms. The summed E-state index contributed by atoms with van der Waals surface area (Å²) in [4.78, 5) is 31.2. The third kappa shape index (κ3) is 8.19. The lowest BCUT2D eigenvalue weighted by Crippen LogP contribution is -2.37. The van der Waals surface area contributed by atoms with Crippen LogP contribution in [0.4, 0.5) is 5.69 Å². The molecule has 14 heteroatoms. The Labute approximate surface area is 322 Å². The molecule has 1 aliphatic heterocycles. The molecule has 0 aliphatic carbocycles. The summed E-state index contributed by atoms with van der Waals surface area (Å²) >= 11 is 1.60. The molecule has 0 fully saturated rings. The van der Waals surface area contributed by atoms with Crippen molar-refractivity contribution in [2.75, 3.05) is 38.7 Å². The van der Waals surface area contributed by atoms with Gasteiger partial charge in [0.15, 0.2) is 5.76 Å². The number of sulfonamides is 1. The minimum atomic E-state index is -3.98. The number of aliphatic hydroxyl groups is 1. The van der Waals surface area contributed by atoms with Gasteiger partial charge in [-0.1, -0.05) is 24.3 Å². The second-order valence-electron chi connectivity index (χ2n) is 13.1. The van der Waals surface area contributed by atoms with E-state index in [1.807, 2.05) is 55.5 Å². The monoisotopic (exact) mass is 780 g/mol. The molecule has 0 bridgehead atoms. The highest BCUT2D eigenvalue weighted by Gasteiger charge is 2.32. The molecule has 12 nitrogen and oxygen atoms in total. The first-order valence-corrected chi connectivity index (χ1v) is 19.9. The lowest BCUT2D eigenvalue weighted by molar-refractivity contribution is -0.143. The molecular weight excluding hydrogens is 741 g/mol. The number of thiazole rings is 1. The van der Waals surface area contributed by atoms with Gasteiger partial charge in [-0.25, -0.2) is 13.4 Å². The van der Waals surface area contributed by atoms with Gasteiger partial charge in [0.2, 0.25) is 22.2 Å². The maximum Gasteiger partial charge on any atom is 0.290 e. The number of allylic oxidation sites excluding steroid dienone is 1. The van der Waals surface area contributed by atoms with Crippen molar-refractivity contribution in [3.05, 3.63) is 120 Å². The number of nitrogens with one attached hydrogen (secondary N) is 1. The van der Waals surface area contributed by atoms with E-state index in [4.69, 9.17) is 19.2 Å². The molecule has 1 aliphatic rings. The number of ether oxygens (including phenoxy) is 3. The van der Waals surface area contributed by atoms with Gasteiger partial charge in [0.25, 0.3) is 5.91 Å². The third-order valence-corrected chi connectivity index (χ3v) is 12.4. The topological polar surface area (TPSA) is 149 Å². The van der Waals surface area contributed by atoms with Crippen LogP contribution < -0.4 is 10.1 Å². The molecule has 0 unspecified atom stereocenters. The Hall–Kier alpha value is -5.38. The molecule has 2 aromatic heterocycles. The van der Waals surface area contributed by atoms with E-state index in [-0.39, 0.29) is 42.7 Å². The number of methoxy groups -OCH3 is 1. The molecule has 2 atom stereocenters. The Bertz CT molecular complexity index is 2490. The SMILES string of the molecule is COc1ccc(S(=O)(=O)N(CCO)CCO[C@@H]2C[C@H](c3cn(C(C)=O)c4ccccc34)C=C(C(=O)Nc3ccc(-c4nc5ccc(C)cc5s4)cc3)O2)cc1. The van der Waals surface area contributed by atoms with E-state index in [1.165, 1.54) is 31.7 Å². The van der Waals surface area contributed by atoms with E-state index >= 15 is 0 Å². The number of rotatable bonds is 13. The Morgan fingerprint density at radius 3 is 2.53 bits per heavy atom. The van der Waals surface area contributed by atoms with Crippen molar-refractivity contribution in [3.63, 3.8) is 0 Å². The van der Waals surface area contributed by atoms with Crippen LogP contribution >= 0.6 is 11.3 Å². The molecule has 0 spiro atoms. The van der Waals surface area contributed by atoms with Crippen molar-refractivity contribution in [2.45, 2.75) is 37.4 Å². The number of para-hydroxylation sites is 1. The minimum Gasteiger partial charge on any atom is -0.497 e. The lowest BCUT2D eigenvalue weighted by atomic mass is 9.92. The highest BCUT2D eigenvalue weighted by Crippen LogP contribution is 2.37. The molecule has 0 saturated heterocycles.